The molecule has 2 rings (SSSR count). The fourth-order valence-corrected chi connectivity index (χ4v) is 1.12. The van der Waals surface area contributed by atoms with Gasteiger partial charge in [-0.1, -0.05) is 11.6 Å². The average molecular weight is 200 g/mol. The lowest BCUT2D eigenvalue weighted by molar-refractivity contribution is 0.380. The zero-order chi connectivity index (χ0) is 9.26. The maximum atomic E-state index is 5.88. The van der Waals surface area contributed by atoms with Crippen LogP contribution in [0.15, 0.2) is 6.20 Å². The lowest BCUT2D eigenvalue weighted by Gasteiger charge is -2.06. The van der Waals surface area contributed by atoms with E-state index in [4.69, 9.17) is 16.3 Å². The largest absolute Gasteiger partial charge is 0.467 e. The Labute approximate surface area is 81.3 Å². The standard InChI is InChI=1S/C8H10ClN3O/c1-13-8-10-4-6(9)7(12-8)11-5-2-3-5/h4-5H,2-3H2,1H3,(H,10,11,12). The molecule has 1 N–H and O–H groups in total. The van der Waals surface area contributed by atoms with E-state index in [-0.39, 0.29) is 0 Å². The Morgan fingerprint density at radius 2 is 2.38 bits per heavy atom. The van der Waals surface area contributed by atoms with Crippen LogP contribution in [-0.2, 0) is 0 Å². The Bertz CT molecular complexity index is 314. The van der Waals surface area contributed by atoms with Crippen LogP contribution in [0.3, 0.4) is 0 Å². The van der Waals surface area contributed by atoms with Crippen LogP contribution in [0.25, 0.3) is 0 Å². The molecule has 1 saturated carbocycles. The summed E-state index contributed by atoms with van der Waals surface area (Å²) in [5.41, 5.74) is 0. The molecule has 1 aliphatic rings. The molecule has 0 amide bonds. The van der Waals surface area contributed by atoms with Crippen molar-refractivity contribution in [1.82, 2.24) is 9.97 Å². The van der Waals surface area contributed by atoms with E-state index in [1.165, 1.54) is 26.1 Å². The molecular weight excluding hydrogens is 190 g/mol. The topological polar surface area (TPSA) is 47.0 Å². The predicted octanol–water partition coefficient (Wildman–Crippen LogP) is 1.71. The fourth-order valence-electron chi connectivity index (χ4n) is 0.972. The molecule has 0 aromatic carbocycles. The van der Waals surface area contributed by atoms with Crippen molar-refractivity contribution in [2.45, 2.75) is 18.9 Å². The second-order valence-corrected chi connectivity index (χ2v) is 3.38. The lowest BCUT2D eigenvalue weighted by atomic mass is 10.5. The van der Waals surface area contributed by atoms with Crippen molar-refractivity contribution in [3.63, 3.8) is 0 Å². The first-order chi connectivity index (χ1) is 6.29. The average Bonchev–Trinajstić information content (AvgIpc) is 2.93. The second-order valence-electron chi connectivity index (χ2n) is 2.97. The van der Waals surface area contributed by atoms with E-state index in [2.05, 4.69) is 15.3 Å². The number of ether oxygens (including phenoxy) is 1. The SMILES string of the molecule is COc1ncc(Cl)c(NC2CC2)n1. The van der Waals surface area contributed by atoms with Crippen LogP contribution in [0.5, 0.6) is 6.01 Å². The van der Waals surface area contributed by atoms with Crippen molar-refractivity contribution in [3.8, 4) is 6.01 Å². The first-order valence-corrected chi connectivity index (χ1v) is 4.50. The molecule has 5 heteroatoms. The number of nitrogens with one attached hydrogen (secondary N) is 1. The minimum absolute atomic E-state index is 0.340. The molecule has 1 heterocycles. The van der Waals surface area contributed by atoms with Crippen LogP contribution in [-0.4, -0.2) is 23.1 Å². The van der Waals surface area contributed by atoms with Crippen LogP contribution >= 0.6 is 11.6 Å². The smallest absolute Gasteiger partial charge is 0.318 e. The summed E-state index contributed by atoms with van der Waals surface area (Å²) >= 11 is 5.88. The van der Waals surface area contributed by atoms with Gasteiger partial charge in [0.05, 0.1) is 13.3 Å². The number of rotatable bonds is 3. The molecule has 4 nitrogen and oxygen atoms in total. The van der Waals surface area contributed by atoms with Crippen LogP contribution in [0.1, 0.15) is 12.8 Å². The van der Waals surface area contributed by atoms with Gasteiger partial charge < -0.3 is 10.1 Å². The Hall–Kier alpha value is -1.03. The van der Waals surface area contributed by atoms with Gasteiger partial charge in [-0.15, -0.1) is 0 Å². The number of nitrogens with zero attached hydrogens (tertiary/aromatic N) is 2. The van der Waals surface area contributed by atoms with Gasteiger partial charge in [0.15, 0.2) is 5.82 Å². The number of anilines is 1. The predicted molar refractivity (Wildman–Crippen MR) is 50.2 cm³/mol. The summed E-state index contributed by atoms with van der Waals surface area (Å²) in [5.74, 6) is 0.663. The monoisotopic (exact) mass is 199 g/mol. The molecule has 0 atom stereocenters. The summed E-state index contributed by atoms with van der Waals surface area (Å²) in [4.78, 5) is 7.97. The third kappa shape index (κ3) is 2.01. The van der Waals surface area contributed by atoms with Crippen molar-refractivity contribution in [3.05, 3.63) is 11.2 Å². The minimum atomic E-state index is 0.340. The van der Waals surface area contributed by atoms with Gasteiger partial charge in [0, 0.05) is 6.04 Å². The molecule has 0 bridgehead atoms. The molecule has 1 aromatic heterocycles. The van der Waals surface area contributed by atoms with E-state index in [1.807, 2.05) is 0 Å². The van der Waals surface area contributed by atoms with Crippen molar-refractivity contribution in [1.29, 1.82) is 0 Å². The van der Waals surface area contributed by atoms with Gasteiger partial charge in [-0.2, -0.15) is 4.98 Å². The minimum Gasteiger partial charge on any atom is -0.467 e. The molecule has 13 heavy (non-hydrogen) atoms. The third-order valence-corrected chi connectivity index (χ3v) is 2.10. The normalized spacial score (nSPS) is 15.5. The maximum absolute atomic E-state index is 5.88. The summed E-state index contributed by atoms with van der Waals surface area (Å²) in [6.07, 6.45) is 3.91. The van der Waals surface area contributed by atoms with Crippen molar-refractivity contribution < 1.29 is 4.74 Å². The Morgan fingerprint density at radius 1 is 1.62 bits per heavy atom. The third-order valence-electron chi connectivity index (χ3n) is 1.82. The summed E-state index contributed by atoms with van der Waals surface area (Å²) < 4.78 is 4.89. The van der Waals surface area contributed by atoms with Crippen LogP contribution < -0.4 is 10.1 Å². The highest BCUT2D eigenvalue weighted by atomic mass is 35.5. The van der Waals surface area contributed by atoms with Gasteiger partial charge >= 0.3 is 6.01 Å². The first kappa shape index (κ1) is 8.56. The van der Waals surface area contributed by atoms with Gasteiger partial charge in [-0.05, 0) is 12.8 Å². The van der Waals surface area contributed by atoms with E-state index in [0.29, 0.717) is 22.9 Å². The van der Waals surface area contributed by atoms with E-state index < -0.39 is 0 Å². The highest BCUT2D eigenvalue weighted by Gasteiger charge is 2.22. The molecule has 1 fully saturated rings. The highest BCUT2D eigenvalue weighted by molar-refractivity contribution is 6.32. The number of aromatic nitrogens is 2. The number of hydrogen-bond acceptors (Lipinski definition) is 4. The van der Waals surface area contributed by atoms with E-state index in [1.54, 1.807) is 0 Å². The second kappa shape index (κ2) is 3.38. The van der Waals surface area contributed by atoms with Crippen molar-refractivity contribution in [2.24, 2.45) is 0 Å². The Morgan fingerprint density at radius 3 is 3.00 bits per heavy atom. The number of methoxy groups -OCH3 is 1. The number of halogens is 1. The van der Waals surface area contributed by atoms with Crippen molar-refractivity contribution in [2.75, 3.05) is 12.4 Å². The molecular formula is C8H10ClN3O. The van der Waals surface area contributed by atoms with Gasteiger partial charge in [0.2, 0.25) is 0 Å². The molecule has 0 unspecified atom stereocenters. The van der Waals surface area contributed by atoms with Crippen LogP contribution in [0, 0.1) is 0 Å². The Balaban J connectivity index is 2.19. The zero-order valence-corrected chi connectivity index (χ0v) is 8.01. The van der Waals surface area contributed by atoms with Gasteiger partial charge in [-0.3, -0.25) is 0 Å². The number of hydrogen-bond donors (Lipinski definition) is 1. The van der Waals surface area contributed by atoms with Gasteiger partial charge in [-0.25, -0.2) is 4.98 Å². The summed E-state index contributed by atoms with van der Waals surface area (Å²) in [7, 11) is 1.53. The zero-order valence-electron chi connectivity index (χ0n) is 7.25. The van der Waals surface area contributed by atoms with Crippen LogP contribution in [0.2, 0.25) is 5.02 Å². The molecule has 70 valence electrons. The maximum Gasteiger partial charge on any atom is 0.318 e. The lowest BCUT2D eigenvalue weighted by Crippen LogP contribution is -2.05. The summed E-state index contributed by atoms with van der Waals surface area (Å²) in [6, 6.07) is 0.865. The first-order valence-electron chi connectivity index (χ1n) is 4.12. The quantitative estimate of drug-likeness (QED) is 0.805. The molecule has 0 aliphatic heterocycles. The highest BCUT2D eigenvalue weighted by Crippen LogP contribution is 2.28. The van der Waals surface area contributed by atoms with E-state index in [9.17, 15) is 0 Å². The molecule has 1 aliphatic carbocycles. The summed E-state index contributed by atoms with van der Waals surface area (Å²) in [5, 5.41) is 3.73. The van der Waals surface area contributed by atoms with Crippen molar-refractivity contribution >= 4 is 17.4 Å². The van der Waals surface area contributed by atoms with Crippen LogP contribution in [0.4, 0.5) is 5.82 Å². The summed E-state index contributed by atoms with van der Waals surface area (Å²) in [6.45, 7) is 0. The fraction of sp³-hybridized carbons (Fsp3) is 0.500. The molecule has 0 radical (unpaired) electrons. The Kier molecular flexibility index (Phi) is 2.22. The molecule has 0 spiro atoms. The van der Waals surface area contributed by atoms with Gasteiger partial charge in [0.1, 0.15) is 5.02 Å². The molecule has 1 aromatic rings. The molecule has 0 saturated heterocycles. The van der Waals surface area contributed by atoms with E-state index in [0.717, 1.165) is 0 Å². The van der Waals surface area contributed by atoms with E-state index >= 15 is 0 Å². The van der Waals surface area contributed by atoms with Gasteiger partial charge in [0.25, 0.3) is 0 Å².